The summed E-state index contributed by atoms with van der Waals surface area (Å²) in [5.41, 5.74) is -0.621. The lowest BCUT2D eigenvalue weighted by atomic mass is 10.1. The molecule has 0 amide bonds. The molecule has 0 unspecified atom stereocenters. The van der Waals surface area contributed by atoms with Crippen molar-refractivity contribution in [2.24, 2.45) is 0 Å². The van der Waals surface area contributed by atoms with Crippen LogP contribution in [0.3, 0.4) is 0 Å². The van der Waals surface area contributed by atoms with E-state index in [4.69, 9.17) is 4.74 Å². The second-order valence-electron chi connectivity index (χ2n) is 6.43. The van der Waals surface area contributed by atoms with Gasteiger partial charge in [-0.2, -0.15) is 13.2 Å². The number of rotatable bonds is 7. The Labute approximate surface area is 175 Å². The van der Waals surface area contributed by atoms with Gasteiger partial charge in [0.25, 0.3) is 10.0 Å². The minimum atomic E-state index is -5.03. The van der Waals surface area contributed by atoms with E-state index in [1.807, 2.05) is 6.92 Å². The highest BCUT2D eigenvalue weighted by Gasteiger charge is 2.35. The number of benzene rings is 2. The Kier molecular flexibility index (Phi) is 6.44. The first-order chi connectivity index (χ1) is 14.6. The molecule has 0 atom stereocenters. The Bertz CT molecular complexity index is 1170. The summed E-state index contributed by atoms with van der Waals surface area (Å²) >= 11 is 0. The van der Waals surface area contributed by atoms with Crippen molar-refractivity contribution in [3.05, 3.63) is 66.0 Å². The molecule has 6 nitrogen and oxygen atoms in total. The van der Waals surface area contributed by atoms with Crippen molar-refractivity contribution in [1.82, 2.24) is 10.2 Å². The van der Waals surface area contributed by atoms with Crippen LogP contribution in [0.2, 0.25) is 0 Å². The van der Waals surface area contributed by atoms with E-state index in [9.17, 15) is 26.0 Å². The van der Waals surface area contributed by atoms with Crippen molar-refractivity contribution >= 4 is 15.7 Å². The predicted octanol–water partition coefficient (Wildman–Crippen LogP) is 4.89. The van der Waals surface area contributed by atoms with Crippen LogP contribution in [0.1, 0.15) is 18.9 Å². The van der Waals surface area contributed by atoms with Crippen LogP contribution in [0.15, 0.2) is 59.5 Å². The molecule has 1 heterocycles. The summed E-state index contributed by atoms with van der Waals surface area (Å²) in [5.74, 6) is -1.21. The van der Waals surface area contributed by atoms with Gasteiger partial charge in [-0.25, -0.2) is 12.8 Å². The number of anilines is 1. The van der Waals surface area contributed by atoms with Crippen LogP contribution < -0.4 is 9.46 Å². The fourth-order valence-corrected chi connectivity index (χ4v) is 3.68. The fraction of sp³-hybridized carbons (Fsp3) is 0.200. The van der Waals surface area contributed by atoms with Crippen LogP contribution in [-0.2, 0) is 16.2 Å². The van der Waals surface area contributed by atoms with Gasteiger partial charge in [-0.1, -0.05) is 19.1 Å². The molecule has 0 saturated carbocycles. The van der Waals surface area contributed by atoms with Crippen molar-refractivity contribution in [3.8, 4) is 17.1 Å². The third-order valence-corrected chi connectivity index (χ3v) is 5.44. The van der Waals surface area contributed by atoms with Gasteiger partial charge in [-0.05, 0) is 42.8 Å². The van der Waals surface area contributed by atoms with Crippen LogP contribution in [0, 0.1) is 5.82 Å². The molecule has 1 N–H and O–H groups in total. The van der Waals surface area contributed by atoms with Crippen LogP contribution in [-0.4, -0.2) is 25.2 Å². The monoisotopic (exact) mass is 455 g/mol. The van der Waals surface area contributed by atoms with Crippen LogP contribution in [0.5, 0.6) is 5.88 Å². The lowest BCUT2D eigenvalue weighted by molar-refractivity contribution is -0.140. The Morgan fingerprint density at radius 1 is 1.03 bits per heavy atom. The molecule has 0 saturated heterocycles. The smallest absolute Gasteiger partial charge is 0.419 e. The first-order valence-electron chi connectivity index (χ1n) is 9.06. The molecule has 0 aliphatic heterocycles. The van der Waals surface area contributed by atoms with Gasteiger partial charge in [0.05, 0.1) is 22.8 Å². The largest absolute Gasteiger partial charge is 0.477 e. The average Bonchev–Trinajstić information content (AvgIpc) is 2.72. The van der Waals surface area contributed by atoms with E-state index >= 15 is 0 Å². The fourth-order valence-electron chi connectivity index (χ4n) is 2.60. The molecule has 31 heavy (non-hydrogen) atoms. The van der Waals surface area contributed by atoms with E-state index < -0.39 is 32.5 Å². The number of ether oxygens (including phenoxy) is 1. The van der Waals surface area contributed by atoms with Gasteiger partial charge in [0, 0.05) is 17.3 Å². The number of hydrogen-bond donors (Lipinski definition) is 1. The molecular formula is C20H17F4N3O3S. The summed E-state index contributed by atoms with van der Waals surface area (Å²) in [5, 5.41) is 7.96. The molecule has 0 aliphatic carbocycles. The summed E-state index contributed by atoms with van der Waals surface area (Å²) in [6.07, 6.45) is -4.22. The van der Waals surface area contributed by atoms with Gasteiger partial charge in [0.1, 0.15) is 5.82 Å². The van der Waals surface area contributed by atoms with E-state index in [0.29, 0.717) is 29.8 Å². The number of hydrogen-bond acceptors (Lipinski definition) is 5. The third-order valence-electron chi connectivity index (χ3n) is 4.06. The number of alkyl halides is 3. The lowest BCUT2D eigenvalue weighted by Gasteiger charge is -2.12. The lowest BCUT2D eigenvalue weighted by Crippen LogP contribution is -2.15. The summed E-state index contributed by atoms with van der Waals surface area (Å²) in [4.78, 5) is -0.719. The highest BCUT2D eigenvalue weighted by atomic mass is 32.2. The Morgan fingerprint density at radius 2 is 1.81 bits per heavy atom. The molecule has 3 rings (SSSR count). The van der Waals surface area contributed by atoms with Crippen LogP contribution >= 0.6 is 0 Å². The van der Waals surface area contributed by atoms with Crippen molar-refractivity contribution < 1.29 is 30.7 Å². The zero-order valence-electron chi connectivity index (χ0n) is 16.1. The zero-order chi connectivity index (χ0) is 22.6. The quantitative estimate of drug-likeness (QED) is 0.513. The van der Waals surface area contributed by atoms with Gasteiger partial charge in [-0.15, -0.1) is 10.2 Å². The number of sulfonamides is 1. The maximum Gasteiger partial charge on any atom is 0.419 e. The Morgan fingerprint density at radius 3 is 2.45 bits per heavy atom. The van der Waals surface area contributed by atoms with E-state index in [-0.39, 0.29) is 11.8 Å². The first kappa shape index (κ1) is 22.5. The molecule has 0 fully saturated rings. The molecule has 2 aromatic carbocycles. The van der Waals surface area contributed by atoms with E-state index in [1.54, 1.807) is 24.3 Å². The second kappa shape index (κ2) is 8.88. The van der Waals surface area contributed by atoms with E-state index in [0.717, 1.165) is 12.5 Å². The van der Waals surface area contributed by atoms with Crippen molar-refractivity contribution in [2.75, 3.05) is 11.3 Å². The molecule has 1 aromatic heterocycles. The third kappa shape index (κ3) is 5.48. The summed E-state index contributed by atoms with van der Waals surface area (Å²) in [6.45, 7) is 2.44. The van der Waals surface area contributed by atoms with Gasteiger partial charge >= 0.3 is 6.18 Å². The zero-order valence-corrected chi connectivity index (χ0v) is 17.0. The minimum absolute atomic E-state index is 0.0866. The molecule has 0 bridgehead atoms. The number of nitrogens with one attached hydrogen (secondary N) is 1. The standard InChI is InChI=1S/C20H17F4N3O3S/c1-2-10-30-19-9-8-18(25-26-19)13-4-3-5-14(11-13)27-31(28,29)15-6-7-17(21)16(12-15)20(22,23)24/h3-9,11-12,27H,2,10H2,1H3. The summed E-state index contributed by atoms with van der Waals surface area (Å²) in [7, 11) is -4.40. The molecule has 164 valence electrons. The molecule has 0 aliphatic rings. The SMILES string of the molecule is CCCOc1ccc(-c2cccc(NS(=O)(=O)c3ccc(F)c(C(F)(F)F)c3)c2)nn1. The highest BCUT2D eigenvalue weighted by Crippen LogP contribution is 2.33. The average molecular weight is 455 g/mol. The molecule has 3 aromatic rings. The highest BCUT2D eigenvalue weighted by molar-refractivity contribution is 7.92. The van der Waals surface area contributed by atoms with E-state index in [1.165, 1.54) is 12.1 Å². The number of nitrogens with zero attached hydrogens (tertiary/aromatic N) is 2. The Hall–Kier alpha value is -3.21. The van der Waals surface area contributed by atoms with Crippen LogP contribution in [0.25, 0.3) is 11.3 Å². The van der Waals surface area contributed by atoms with Crippen molar-refractivity contribution in [2.45, 2.75) is 24.4 Å². The first-order valence-corrected chi connectivity index (χ1v) is 10.5. The number of aromatic nitrogens is 2. The molecule has 11 heteroatoms. The van der Waals surface area contributed by atoms with E-state index in [2.05, 4.69) is 14.9 Å². The second-order valence-corrected chi connectivity index (χ2v) is 8.11. The van der Waals surface area contributed by atoms with Gasteiger partial charge in [0.2, 0.25) is 5.88 Å². The topological polar surface area (TPSA) is 81.2 Å². The molecular weight excluding hydrogens is 438 g/mol. The maximum absolute atomic E-state index is 13.5. The summed E-state index contributed by atoms with van der Waals surface area (Å²) < 4.78 is 84.8. The minimum Gasteiger partial charge on any atom is -0.477 e. The molecule has 0 radical (unpaired) electrons. The van der Waals surface area contributed by atoms with Crippen molar-refractivity contribution in [3.63, 3.8) is 0 Å². The summed E-state index contributed by atoms with van der Waals surface area (Å²) in [6, 6.07) is 10.8. The molecule has 0 spiro atoms. The van der Waals surface area contributed by atoms with Gasteiger partial charge in [0.15, 0.2) is 0 Å². The van der Waals surface area contributed by atoms with Gasteiger partial charge < -0.3 is 4.74 Å². The normalized spacial score (nSPS) is 11.9. The number of halogens is 4. The van der Waals surface area contributed by atoms with Crippen LogP contribution in [0.4, 0.5) is 23.2 Å². The predicted molar refractivity (Wildman–Crippen MR) is 105 cm³/mol. The Balaban J connectivity index is 1.85. The van der Waals surface area contributed by atoms with Gasteiger partial charge in [-0.3, -0.25) is 4.72 Å². The maximum atomic E-state index is 13.5. The van der Waals surface area contributed by atoms with Crippen molar-refractivity contribution in [1.29, 1.82) is 0 Å².